The second kappa shape index (κ2) is 5.09. The van der Waals surface area contributed by atoms with Crippen molar-refractivity contribution in [1.29, 1.82) is 0 Å². The molecule has 1 heterocycles. The predicted molar refractivity (Wildman–Crippen MR) is 60.0 cm³/mol. The van der Waals surface area contributed by atoms with Crippen molar-refractivity contribution in [2.75, 3.05) is 5.75 Å². The summed E-state index contributed by atoms with van der Waals surface area (Å²) in [5.74, 6) is -2.34. The molecule has 2 aromatic rings. The van der Waals surface area contributed by atoms with Crippen LogP contribution in [0.25, 0.3) is 0 Å². The maximum Gasteiger partial charge on any atom is 0.179 e. The van der Waals surface area contributed by atoms with Crippen LogP contribution < -0.4 is 0 Å². The molecule has 0 bridgehead atoms. The van der Waals surface area contributed by atoms with E-state index in [-0.39, 0.29) is 5.75 Å². The third kappa shape index (κ3) is 2.71. The van der Waals surface area contributed by atoms with Gasteiger partial charge < -0.3 is 4.98 Å². The Balaban J connectivity index is 2.10. The second-order valence-electron chi connectivity index (χ2n) is 3.20. The third-order valence-electron chi connectivity index (χ3n) is 2.05. The fourth-order valence-electron chi connectivity index (χ4n) is 1.30. The topological polar surface area (TPSA) is 45.8 Å². The smallest absolute Gasteiger partial charge is 0.179 e. The summed E-state index contributed by atoms with van der Waals surface area (Å²) < 4.78 is 26.5. The molecule has 1 N–H and O–H groups in total. The lowest BCUT2D eigenvalue weighted by molar-refractivity contribution is 0.101. The van der Waals surface area contributed by atoms with E-state index in [1.165, 1.54) is 12.3 Å². The normalized spacial score (nSPS) is 10.5. The summed E-state index contributed by atoms with van der Waals surface area (Å²) in [7, 11) is 0. The van der Waals surface area contributed by atoms with Crippen LogP contribution >= 0.6 is 11.8 Å². The van der Waals surface area contributed by atoms with Crippen LogP contribution in [0.3, 0.4) is 0 Å². The molecule has 0 unspecified atom stereocenters. The number of nitrogens with one attached hydrogen (secondary N) is 1. The van der Waals surface area contributed by atoms with Gasteiger partial charge >= 0.3 is 0 Å². The molecule has 0 atom stereocenters. The van der Waals surface area contributed by atoms with Crippen LogP contribution in [-0.2, 0) is 0 Å². The number of nitrogens with zero attached hydrogens (tertiary/aromatic N) is 1. The minimum atomic E-state index is -0.838. The van der Waals surface area contributed by atoms with Crippen molar-refractivity contribution in [2.45, 2.75) is 5.16 Å². The number of ketones is 1. The van der Waals surface area contributed by atoms with Crippen LogP contribution in [0.1, 0.15) is 10.4 Å². The average molecular weight is 254 g/mol. The highest BCUT2D eigenvalue weighted by atomic mass is 32.2. The van der Waals surface area contributed by atoms with Gasteiger partial charge in [0.2, 0.25) is 0 Å². The van der Waals surface area contributed by atoms with E-state index in [1.54, 1.807) is 6.20 Å². The number of aromatic nitrogens is 2. The van der Waals surface area contributed by atoms with Gasteiger partial charge in [0.25, 0.3) is 0 Å². The number of Topliss-reactive ketones (excluding diaryl/α,β-unsaturated/α-hetero) is 1. The second-order valence-corrected chi connectivity index (χ2v) is 4.17. The summed E-state index contributed by atoms with van der Waals surface area (Å²) in [5, 5.41) is 0.537. The fourth-order valence-corrected chi connectivity index (χ4v) is 2.00. The largest absolute Gasteiger partial charge is 0.340 e. The van der Waals surface area contributed by atoms with Gasteiger partial charge in [-0.15, -0.1) is 0 Å². The summed E-state index contributed by atoms with van der Waals surface area (Å²) in [5.41, 5.74) is -0.494. The Labute approximate surface area is 100 Å². The first kappa shape index (κ1) is 11.8. The Bertz CT molecular complexity index is 508. The van der Waals surface area contributed by atoms with Gasteiger partial charge in [-0.3, -0.25) is 4.79 Å². The van der Waals surface area contributed by atoms with E-state index < -0.39 is 23.0 Å². The number of rotatable bonds is 4. The molecule has 0 saturated carbocycles. The molecule has 0 saturated heterocycles. The minimum Gasteiger partial charge on any atom is -0.340 e. The highest BCUT2D eigenvalue weighted by molar-refractivity contribution is 7.99. The van der Waals surface area contributed by atoms with E-state index in [0.717, 1.165) is 23.9 Å². The maximum absolute atomic E-state index is 13.3. The summed E-state index contributed by atoms with van der Waals surface area (Å²) in [6, 6.07) is 3.35. The highest BCUT2D eigenvalue weighted by Gasteiger charge is 2.17. The van der Waals surface area contributed by atoms with Gasteiger partial charge in [0.15, 0.2) is 10.9 Å². The van der Waals surface area contributed by atoms with Crippen LogP contribution in [0, 0.1) is 11.6 Å². The predicted octanol–water partition coefficient (Wildman–Crippen LogP) is 2.66. The molecule has 3 nitrogen and oxygen atoms in total. The van der Waals surface area contributed by atoms with E-state index in [1.807, 2.05) is 0 Å². The van der Waals surface area contributed by atoms with Crippen LogP contribution in [0.2, 0.25) is 0 Å². The lowest BCUT2D eigenvalue weighted by Crippen LogP contribution is -2.08. The zero-order chi connectivity index (χ0) is 12.3. The average Bonchev–Trinajstić information content (AvgIpc) is 2.79. The quantitative estimate of drug-likeness (QED) is 0.674. The first-order chi connectivity index (χ1) is 8.18. The number of benzene rings is 1. The van der Waals surface area contributed by atoms with Gasteiger partial charge in [-0.05, 0) is 12.1 Å². The molecule has 0 fully saturated rings. The molecule has 17 heavy (non-hydrogen) atoms. The van der Waals surface area contributed by atoms with E-state index in [9.17, 15) is 13.6 Å². The first-order valence-electron chi connectivity index (χ1n) is 4.78. The molecular weight excluding hydrogens is 246 g/mol. The monoisotopic (exact) mass is 254 g/mol. The number of halogens is 2. The SMILES string of the molecule is O=C(CSc1ncc[nH]1)c1c(F)cccc1F. The zero-order valence-corrected chi connectivity index (χ0v) is 9.43. The Morgan fingerprint density at radius 1 is 1.35 bits per heavy atom. The van der Waals surface area contributed by atoms with Gasteiger partial charge in [-0.25, -0.2) is 13.8 Å². The number of H-pyrrole nitrogens is 1. The van der Waals surface area contributed by atoms with Gasteiger partial charge in [0.05, 0.1) is 11.3 Å². The Morgan fingerprint density at radius 3 is 2.65 bits per heavy atom. The lowest BCUT2D eigenvalue weighted by atomic mass is 10.1. The molecule has 0 aliphatic carbocycles. The van der Waals surface area contributed by atoms with Crippen molar-refractivity contribution in [2.24, 2.45) is 0 Å². The van der Waals surface area contributed by atoms with E-state index in [4.69, 9.17) is 0 Å². The molecule has 0 aliphatic heterocycles. The van der Waals surface area contributed by atoms with Gasteiger partial charge in [0, 0.05) is 12.4 Å². The summed E-state index contributed by atoms with van der Waals surface area (Å²) in [4.78, 5) is 18.3. The van der Waals surface area contributed by atoms with Crippen LogP contribution in [-0.4, -0.2) is 21.5 Å². The van der Waals surface area contributed by atoms with Gasteiger partial charge in [-0.2, -0.15) is 0 Å². The number of carbonyl (C=O) groups excluding carboxylic acids is 1. The number of thioether (sulfide) groups is 1. The fraction of sp³-hybridized carbons (Fsp3) is 0.0909. The van der Waals surface area contributed by atoms with E-state index >= 15 is 0 Å². The molecule has 0 radical (unpaired) electrons. The Morgan fingerprint density at radius 2 is 2.06 bits per heavy atom. The number of carbonyl (C=O) groups is 1. The first-order valence-corrected chi connectivity index (χ1v) is 5.76. The van der Waals surface area contributed by atoms with Crippen molar-refractivity contribution in [1.82, 2.24) is 9.97 Å². The molecule has 6 heteroatoms. The summed E-state index contributed by atoms with van der Waals surface area (Å²) in [6.07, 6.45) is 3.15. The molecule has 0 amide bonds. The van der Waals surface area contributed by atoms with Crippen molar-refractivity contribution in [3.8, 4) is 0 Å². The molecule has 1 aromatic carbocycles. The molecule has 0 aliphatic rings. The third-order valence-corrected chi connectivity index (χ3v) is 2.96. The van der Waals surface area contributed by atoms with Gasteiger partial charge in [0.1, 0.15) is 11.6 Å². The minimum absolute atomic E-state index is 0.0641. The molecular formula is C11H8F2N2OS. The standard InChI is InChI=1S/C11H8F2N2OS/c12-7-2-1-3-8(13)10(7)9(16)6-17-11-14-4-5-15-11/h1-5H,6H2,(H,14,15). The number of imidazole rings is 1. The zero-order valence-electron chi connectivity index (χ0n) is 8.61. The van der Waals surface area contributed by atoms with E-state index in [2.05, 4.69) is 9.97 Å². The molecule has 0 spiro atoms. The highest BCUT2D eigenvalue weighted by Crippen LogP contribution is 2.18. The Hall–Kier alpha value is -1.69. The van der Waals surface area contributed by atoms with Crippen molar-refractivity contribution < 1.29 is 13.6 Å². The molecule has 1 aromatic heterocycles. The van der Waals surface area contributed by atoms with Crippen molar-refractivity contribution in [3.05, 3.63) is 47.8 Å². The Kier molecular flexibility index (Phi) is 3.53. The molecule has 2 rings (SSSR count). The summed E-state index contributed by atoms with van der Waals surface area (Å²) in [6.45, 7) is 0. The van der Waals surface area contributed by atoms with E-state index in [0.29, 0.717) is 5.16 Å². The number of hydrogen-bond donors (Lipinski definition) is 1. The van der Waals surface area contributed by atoms with Crippen LogP contribution in [0.4, 0.5) is 8.78 Å². The van der Waals surface area contributed by atoms with Crippen molar-refractivity contribution in [3.63, 3.8) is 0 Å². The maximum atomic E-state index is 13.3. The molecule has 88 valence electrons. The van der Waals surface area contributed by atoms with Gasteiger partial charge in [-0.1, -0.05) is 17.8 Å². The number of aromatic amines is 1. The van der Waals surface area contributed by atoms with Crippen LogP contribution in [0.15, 0.2) is 35.7 Å². The number of hydrogen-bond acceptors (Lipinski definition) is 3. The van der Waals surface area contributed by atoms with Crippen LogP contribution in [0.5, 0.6) is 0 Å². The summed E-state index contributed by atoms with van der Waals surface area (Å²) >= 11 is 1.10. The van der Waals surface area contributed by atoms with Crippen molar-refractivity contribution >= 4 is 17.5 Å². The lowest BCUT2D eigenvalue weighted by Gasteiger charge is -2.02.